The summed E-state index contributed by atoms with van der Waals surface area (Å²) in [6, 6.07) is 14.5. The van der Waals surface area contributed by atoms with Gasteiger partial charge in [-0.15, -0.1) is 0 Å². The van der Waals surface area contributed by atoms with Crippen LogP contribution < -0.4 is 25.8 Å². The van der Waals surface area contributed by atoms with Crippen LogP contribution in [0, 0.1) is 17.8 Å². The van der Waals surface area contributed by atoms with E-state index >= 15 is 0 Å². The van der Waals surface area contributed by atoms with E-state index in [-0.39, 0.29) is 29.6 Å². The summed E-state index contributed by atoms with van der Waals surface area (Å²) in [5.74, 6) is 3.32. The summed E-state index contributed by atoms with van der Waals surface area (Å²) in [7, 11) is 3.32. The molecule has 0 bridgehead atoms. The number of anilines is 3. The van der Waals surface area contributed by atoms with E-state index in [4.69, 9.17) is 29.7 Å². The van der Waals surface area contributed by atoms with Gasteiger partial charge in [-0.1, -0.05) is 26.8 Å². The largest absolute Gasteiger partial charge is 0.497 e. The topological polar surface area (TPSA) is 138 Å². The molecule has 1 saturated heterocycles. The van der Waals surface area contributed by atoms with Crippen molar-refractivity contribution in [2.45, 2.75) is 122 Å². The molecule has 4 atom stereocenters. The van der Waals surface area contributed by atoms with Crippen LogP contribution in [0.5, 0.6) is 11.5 Å². The van der Waals surface area contributed by atoms with Gasteiger partial charge in [-0.2, -0.15) is 0 Å². The summed E-state index contributed by atoms with van der Waals surface area (Å²) in [6.45, 7) is 13.2. The Bertz CT molecular complexity index is 2070. The van der Waals surface area contributed by atoms with Crippen molar-refractivity contribution in [2.24, 2.45) is 17.8 Å². The van der Waals surface area contributed by atoms with Crippen LogP contribution in [0.3, 0.4) is 0 Å². The highest BCUT2D eigenvalue weighted by Crippen LogP contribution is 2.49. The third-order valence-corrected chi connectivity index (χ3v) is 12.7. The van der Waals surface area contributed by atoms with E-state index in [1.165, 1.54) is 12.8 Å². The van der Waals surface area contributed by atoms with E-state index in [0.717, 1.165) is 84.2 Å². The lowest BCUT2D eigenvalue weighted by atomic mass is 9.76. The Balaban J connectivity index is 0.912. The molecule has 306 valence electrons. The van der Waals surface area contributed by atoms with Gasteiger partial charge in [0, 0.05) is 55.8 Å². The molecule has 4 N–H and O–H groups in total. The summed E-state index contributed by atoms with van der Waals surface area (Å²) < 4.78 is 26.7. The zero-order valence-corrected chi connectivity index (χ0v) is 34.7. The van der Waals surface area contributed by atoms with Crippen LogP contribution in [0.1, 0.15) is 96.7 Å². The number of rotatable bonds is 15. The van der Waals surface area contributed by atoms with Crippen LogP contribution in [0.15, 0.2) is 55.0 Å². The van der Waals surface area contributed by atoms with Gasteiger partial charge in [0.2, 0.25) is 5.91 Å². The second-order valence-electron chi connectivity index (χ2n) is 18.4. The molecule has 4 fully saturated rings. The number of carbonyl (C=O) groups is 1. The first-order valence-corrected chi connectivity index (χ1v) is 20.8. The number of nitrogens with two attached hydrogens (primary N) is 1. The molecular weight excluding hydrogens is 719 g/mol. The number of carbonyl (C=O) groups excluding carboxylic acids is 1. The number of nitrogen functional groups attached to an aromatic ring is 1. The third kappa shape index (κ3) is 8.59. The number of nitrogens with one attached hydrogen (secondary N) is 2. The third-order valence-electron chi connectivity index (χ3n) is 12.7. The molecule has 3 saturated carbocycles. The molecule has 3 aliphatic carbocycles. The van der Waals surface area contributed by atoms with Crippen molar-refractivity contribution in [2.75, 3.05) is 43.7 Å². The number of amides is 1. The minimum absolute atomic E-state index is 0.00408. The Labute approximate surface area is 337 Å². The number of hydrogen-bond acceptors (Lipinski definition) is 10. The van der Waals surface area contributed by atoms with Crippen LogP contribution in [0.25, 0.3) is 11.0 Å². The Kier molecular flexibility index (Phi) is 10.9. The molecule has 12 heteroatoms. The van der Waals surface area contributed by atoms with Crippen molar-refractivity contribution >= 4 is 34.1 Å². The van der Waals surface area contributed by atoms with E-state index in [9.17, 15) is 4.79 Å². The Morgan fingerprint density at radius 3 is 2.49 bits per heavy atom. The standard InChI is InChI=1S/C45H61N7O5/c1-44(2,3)31-12-14-36(35(46)21-31)50-39(53)15-10-28-18-32(19-28)51(24-27-8-9-27)25-30-20-37(41-40(30)56-45(4,5)57-41)52-17-16-34-42(48-26-49-43(34)52)47-23-29-11-13-33(54-6)22-38(29)55-7/h11-14,16-17,21-22,26-28,30,32,37,40-41H,8-10,15,18-20,23-25,46H2,1-7H3,(H,50,53)(H,47,48,49)/t28?,30-,32?,37-,40-,41+/m1/s1. The number of fused-ring (bicyclic) bond motifs is 2. The zero-order valence-electron chi connectivity index (χ0n) is 34.7. The van der Waals surface area contributed by atoms with Crippen LogP contribution in [0.4, 0.5) is 17.2 Å². The van der Waals surface area contributed by atoms with Crippen molar-refractivity contribution in [1.82, 2.24) is 19.4 Å². The quantitative estimate of drug-likeness (QED) is 0.102. The van der Waals surface area contributed by atoms with Crippen LogP contribution >= 0.6 is 0 Å². The minimum atomic E-state index is -0.656. The second-order valence-corrected chi connectivity index (χ2v) is 18.4. The first-order chi connectivity index (χ1) is 27.3. The molecule has 8 rings (SSSR count). The molecule has 3 heterocycles. The second kappa shape index (κ2) is 15.8. The van der Waals surface area contributed by atoms with Gasteiger partial charge in [0.25, 0.3) is 0 Å². The summed E-state index contributed by atoms with van der Waals surface area (Å²) in [5.41, 5.74) is 10.7. The van der Waals surface area contributed by atoms with E-state index in [2.05, 4.69) is 64.2 Å². The number of nitrogens with zero attached hydrogens (tertiary/aromatic N) is 4. The first kappa shape index (κ1) is 39.4. The van der Waals surface area contributed by atoms with Crippen molar-refractivity contribution in [3.8, 4) is 11.5 Å². The van der Waals surface area contributed by atoms with Gasteiger partial charge < -0.3 is 39.9 Å². The van der Waals surface area contributed by atoms with Gasteiger partial charge >= 0.3 is 0 Å². The molecule has 0 radical (unpaired) electrons. The molecule has 4 aliphatic rings. The summed E-state index contributed by atoms with van der Waals surface area (Å²) in [6.07, 6.45) is 10.9. The van der Waals surface area contributed by atoms with E-state index < -0.39 is 5.79 Å². The van der Waals surface area contributed by atoms with E-state index in [1.54, 1.807) is 20.5 Å². The lowest BCUT2D eigenvalue weighted by Gasteiger charge is -2.44. The van der Waals surface area contributed by atoms with Gasteiger partial charge in [0.15, 0.2) is 5.79 Å². The van der Waals surface area contributed by atoms with Crippen molar-refractivity contribution < 1.29 is 23.7 Å². The number of hydrogen-bond donors (Lipinski definition) is 3. The summed E-state index contributed by atoms with van der Waals surface area (Å²) in [5, 5.41) is 7.56. The maximum atomic E-state index is 13.0. The molecule has 12 nitrogen and oxygen atoms in total. The monoisotopic (exact) mass is 779 g/mol. The lowest BCUT2D eigenvalue weighted by molar-refractivity contribution is -0.161. The smallest absolute Gasteiger partial charge is 0.224 e. The highest BCUT2D eigenvalue weighted by molar-refractivity contribution is 5.94. The van der Waals surface area contributed by atoms with Crippen LogP contribution in [-0.4, -0.2) is 76.7 Å². The molecule has 2 aromatic heterocycles. The number of methoxy groups -OCH3 is 2. The van der Waals surface area contributed by atoms with Crippen molar-refractivity contribution in [1.29, 1.82) is 0 Å². The van der Waals surface area contributed by atoms with E-state index in [0.29, 0.717) is 42.2 Å². The highest BCUT2D eigenvalue weighted by atomic mass is 16.8. The minimum Gasteiger partial charge on any atom is -0.497 e. The molecule has 1 aliphatic heterocycles. The summed E-state index contributed by atoms with van der Waals surface area (Å²) in [4.78, 5) is 25.2. The molecule has 4 aromatic rings. The predicted molar refractivity (Wildman–Crippen MR) is 224 cm³/mol. The molecule has 2 aromatic carbocycles. The summed E-state index contributed by atoms with van der Waals surface area (Å²) >= 11 is 0. The Morgan fingerprint density at radius 1 is 0.982 bits per heavy atom. The normalized spacial score (nSPS) is 25.3. The molecular formula is C45H61N7O5. The van der Waals surface area contributed by atoms with Gasteiger partial charge in [-0.25, -0.2) is 9.97 Å². The van der Waals surface area contributed by atoms with Crippen LogP contribution in [-0.2, 0) is 26.2 Å². The fourth-order valence-corrected chi connectivity index (χ4v) is 9.30. The van der Waals surface area contributed by atoms with Crippen molar-refractivity contribution in [3.63, 3.8) is 0 Å². The zero-order chi connectivity index (χ0) is 40.1. The van der Waals surface area contributed by atoms with Crippen LogP contribution in [0.2, 0.25) is 0 Å². The van der Waals surface area contributed by atoms with Gasteiger partial charge in [-0.3, -0.25) is 9.69 Å². The Morgan fingerprint density at radius 2 is 1.77 bits per heavy atom. The molecule has 1 amide bonds. The first-order valence-electron chi connectivity index (χ1n) is 20.8. The fraction of sp³-hybridized carbons (Fsp3) is 0.578. The average Bonchev–Trinajstić information content (AvgIpc) is 3.65. The number of ether oxygens (including phenoxy) is 4. The number of benzene rings is 2. The predicted octanol–water partition coefficient (Wildman–Crippen LogP) is 7.93. The molecule has 0 spiro atoms. The van der Waals surface area contributed by atoms with Gasteiger partial charge in [0.05, 0.1) is 43.1 Å². The van der Waals surface area contributed by atoms with Gasteiger partial charge in [-0.05, 0) is 106 Å². The van der Waals surface area contributed by atoms with Crippen molar-refractivity contribution in [3.05, 3.63) is 66.1 Å². The molecule has 57 heavy (non-hydrogen) atoms. The Hall–Kier alpha value is -4.39. The lowest BCUT2D eigenvalue weighted by Crippen LogP contribution is -2.48. The SMILES string of the molecule is COc1ccc(CNc2ncnc3c2ccn3[C@@H]2C[C@H](CN(CC3CC3)C3CC(CCC(=O)Nc4ccc(C(C)(C)C)cc4N)C3)[C@H]3OC(C)(C)O[C@H]32)c(OC)c1. The highest BCUT2D eigenvalue weighted by Gasteiger charge is 2.55. The molecule has 0 unspecified atom stereocenters. The average molecular weight is 780 g/mol. The maximum absolute atomic E-state index is 13.0. The maximum Gasteiger partial charge on any atom is 0.224 e. The fourth-order valence-electron chi connectivity index (χ4n) is 9.30. The van der Waals surface area contributed by atoms with Gasteiger partial charge in [0.1, 0.15) is 35.4 Å². The van der Waals surface area contributed by atoms with E-state index in [1.807, 2.05) is 44.2 Å². The number of aromatic nitrogens is 3.